The summed E-state index contributed by atoms with van der Waals surface area (Å²) >= 11 is 0. The summed E-state index contributed by atoms with van der Waals surface area (Å²) in [4.78, 5) is 14.5. The first kappa shape index (κ1) is 17.5. The molecule has 1 aliphatic rings. The van der Waals surface area contributed by atoms with Gasteiger partial charge >= 0.3 is 0 Å². The van der Waals surface area contributed by atoms with E-state index in [1.807, 2.05) is 59.5 Å². The van der Waals surface area contributed by atoms with Crippen LogP contribution in [0.1, 0.15) is 24.0 Å². The number of amides is 1. The molecule has 0 spiro atoms. The zero-order valence-electron chi connectivity index (χ0n) is 14.7. The zero-order chi connectivity index (χ0) is 17.5. The van der Waals surface area contributed by atoms with Crippen molar-refractivity contribution in [2.75, 3.05) is 20.2 Å². The second kappa shape index (κ2) is 8.67. The summed E-state index contributed by atoms with van der Waals surface area (Å²) in [6.07, 6.45) is 2.55. The van der Waals surface area contributed by atoms with Gasteiger partial charge in [-0.25, -0.2) is 0 Å². The topological polar surface area (TPSA) is 38.8 Å². The van der Waals surface area contributed by atoms with Crippen LogP contribution in [-0.4, -0.2) is 37.1 Å². The Balaban J connectivity index is 1.51. The van der Waals surface area contributed by atoms with E-state index in [1.165, 1.54) is 0 Å². The maximum absolute atomic E-state index is 12.5. The maximum Gasteiger partial charge on any atom is 0.227 e. The molecule has 4 heteroatoms. The number of carbonyl (C=O) groups excluding carboxylic acids is 1. The highest BCUT2D eigenvalue weighted by Crippen LogP contribution is 2.18. The van der Waals surface area contributed by atoms with Crippen molar-refractivity contribution in [2.45, 2.75) is 32.0 Å². The minimum atomic E-state index is 0.0969. The Bertz CT molecular complexity index is 687. The van der Waals surface area contributed by atoms with Crippen molar-refractivity contribution in [2.24, 2.45) is 0 Å². The van der Waals surface area contributed by atoms with Crippen LogP contribution >= 0.6 is 0 Å². The monoisotopic (exact) mass is 339 g/mol. The molecule has 0 radical (unpaired) electrons. The number of benzene rings is 2. The second-order valence-corrected chi connectivity index (χ2v) is 6.43. The van der Waals surface area contributed by atoms with Gasteiger partial charge in [-0.1, -0.05) is 42.5 Å². The van der Waals surface area contributed by atoms with Gasteiger partial charge in [0.1, 0.15) is 5.75 Å². The summed E-state index contributed by atoms with van der Waals surface area (Å²) in [5, 5.41) is 0. The average Bonchev–Trinajstić information content (AvgIpc) is 2.67. The van der Waals surface area contributed by atoms with E-state index in [0.717, 1.165) is 36.3 Å². The first-order valence-corrected chi connectivity index (χ1v) is 8.81. The van der Waals surface area contributed by atoms with Gasteiger partial charge in [-0.3, -0.25) is 4.79 Å². The number of ether oxygens (including phenoxy) is 2. The SMILES string of the molecule is COc1cccc(COC2CCCN(C(=O)Cc3ccccc3)C2)c1. The molecular weight excluding hydrogens is 314 g/mol. The Labute approximate surface area is 149 Å². The molecule has 1 amide bonds. The van der Waals surface area contributed by atoms with Crippen LogP contribution in [0, 0.1) is 0 Å². The zero-order valence-corrected chi connectivity index (χ0v) is 14.7. The smallest absolute Gasteiger partial charge is 0.227 e. The van der Waals surface area contributed by atoms with Crippen LogP contribution in [0.25, 0.3) is 0 Å². The predicted octanol–water partition coefficient (Wildman–Crippen LogP) is 3.45. The van der Waals surface area contributed by atoms with Gasteiger partial charge in [0, 0.05) is 13.1 Å². The Morgan fingerprint density at radius 2 is 1.92 bits per heavy atom. The van der Waals surface area contributed by atoms with Gasteiger partial charge < -0.3 is 14.4 Å². The Morgan fingerprint density at radius 1 is 1.12 bits per heavy atom. The first-order valence-electron chi connectivity index (χ1n) is 8.81. The maximum atomic E-state index is 12.5. The van der Waals surface area contributed by atoms with Crippen LogP contribution in [-0.2, 0) is 22.6 Å². The highest BCUT2D eigenvalue weighted by molar-refractivity contribution is 5.78. The Kier molecular flexibility index (Phi) is 6.07. The largest absolute Gasteiger partial charge is 0.497 e. The number of likely N-dealkylation sites (tertiary alicyclic amines) is 1. The van der Waals surface area contributed by atoms with Gasteiger partial charge in [-0.2, -0.15) is 0 Å². The van der Waals surface area contributed by atoms with Gasteiger partial charge in [0.15, 0.2) is 0 Å². The standard InChI is InChI=1S/C21H25NO3/c1-24-19-10-5-9-18(13-19)16-25-20-11-6-12-22(15-20)21(23)14-17-7-3-2-4-8-17/h2-5,7-10,13,20H,6,11-12,14-16H2,1H3. The first-order chi connectivity index (χ1) is 12.2. The van der Waals surface area contributed by atoms with E-state index in [9.17, 15) is 4.79 Å². The molecule has 0 aromatic heterocycles. The highest BCUT2D eigenvalue weighted by atomic mass is 16.5. The van der Waals surface area contributed by atoms with Gasteiger partial charge in [0.2, 0.25) is 5.91 Å². The average molecular weight is 339 g/mol. The second-order valence-electron chi connectivity index (χ2n) is 6.43. The molecule has 2 aromatic carbocycles. The number of methoxy groups -OCH3 is 1. The van der Waals surface area contributed by atoms with Crippen molar-refractivity contribution in [3.8, 4) is 5.75 Å². The fraction of sp³-hybridized carbons (Fsp3) is 0.381. The summed E-state index contributed by atoms with van der Waals surface area (Å²) in [5.41, 5.74) is 2.15. The lowest BCUT2D eigenvalue weighted by atomic mass is 10.1. The molecule has 1 aliphatic heterocycles. The van der Waals surface area contributed by atoms with E-state index in [2.05, 4.69) is 0 Å². The number of piperidine rings is 1. The minimum Gasteiger partial charge on any atom is -0.497 e. The lowest BCUT2D eigenvalue weighted by Crippen LogP contribution is -2.43. The van der Waals surface area contributed by atoms with E-state index >= 15 is 0 Å². The summed E-state index contributed by atoms with van der Waals surface area (Å²) in [6.45, 7) is 2.04. The van der Waals surface area contributed by atoms with Crippen LogP contribution in [0.2, 0.25) is 0 Å². The van der Waals surface area contributed by atoms with Crippen molar-refractivity contribution in [1.29, 1.82) is 0 Å². The van der Waals surface area contributed by atoms with Gasteiger partial charge in [-0.05, 0) is 36.1 Å². The molecule has 1 atom stereocenters. The number of hydrogen-bond donors (Lipinski definition) is 0. The molecule has 1 saturated heterocycles. The van der Waals surface area contributed by atoms with Crippen LogP contribution < -0.4 is 4.74 Å². The van der Waals surface area contributed by atoms with E-state index in [0.29, 0.717) is 19.6 Å². The lowest BCUT2D eigenvalue weighted by molar-refractivity contribution is -0.134. The molecule has 1 heterocycles. The molecule has 132 valence electrons. The van der Waals surface area contributed by atoms with E-state index in [4.69, 9.17) is 9.47 Å². The van der Waals surface area contributed by atoms with Gasteiger partial charge in [0.25, 0.3) is 0 Å². The molecular formula is C21H25NO3. The third-order valence-corrected chi connectivity index (χ3v) is 4.55. The predicted molar refractivity (Wildman–Crippen MR) is 97.5 cm³/mol. The van der Waals surface area contributed by atoms with Crippen molar-refractivity contribution >= 4 is 5.91 Å². The summed E-state index contributed by atoms with van der Waals surface area (Å²) < 4.78 is 11.3. The van der Waals surface area contributed by atoms with Crippen LogP contribution in [0.3, 0.4) is 0 Å². The summed E-state index contributed by atoms with van der Waals surface area (Å²) in [6, 6.07) is 17.8. The van der Waals surface area contributed by atoms with E-state index in [-0.39, 0.29) is 12.0 Å². The quantitative estimate of drug-likeness (QED) is 0.809. The molecule has 0 saturated carbocycles. The van der Waals surface area contributed by atoms with Crippen molar-refractivity contribution in [3.05, 3.63) is 65.7 Å². The number of carbonyl (C=O) groups is 1. The van der Waals surface area contributed by atoms with E-state index in [1.54, 1.807) is 7.11 Å². The van der Waals surface area contributed by atoms with Crippen LogP contribution in [0.4, 0.5) is 0 Å². The van der Waals surface area contributed by atoms with Crippen LogP contribution in [0.15, 0.2) is 54.6 Å². The molecule has 25 heavy (non-hydrogen) atoms. The number of nitrogens with zero attached hydrogens (tertiary/aromatic N) is 1. The van der Waals surface area contributed by atoms with Gasteiger partial charge in [-0.15, -0.1) is 0 Å². The fourth-order valence-corrected chi connectivity index (χ4v) is 3.16. The normalized spacial score (nSPS) is 17.3. The van der Waals surface area contributed by atoms with Crippen molar-refractivity contribution in [3.63, 3.8) is 0 Å². The minimum absolute atomic E-state index is 0.0969. The Hall–Kier alpha value is -2.33. The third-order valence-electron chi connectivity index (χ3n) is 4.55. The molecule has 4 nitrogen and oxygen atoms in total. The van der Waals surface area contributed by atoms with Crippen LogP contribution in [0.5, 0.6) is 5.75 Å². The van der Waals surface area contributed by atoms with Crippen molar-refractivity contribution < 1.29 is 14.3 Å². The van der Waals surface area contributed by atoms with Crippen molar-refractivity contribution in [1.82, 2.24) is 4.90 Å². The number of hydrogen-bond acceptors (Lipinski definition) is 3. The van der Waals surface area contributed by atoms with E-state index < -0.39 is 0 Å². The highest BCUT2D eigenvalue weighted by Gasteiger charge is 2.24. The van der Waals surface area contributed by atoms with Gasteiger partial charge in [0.05, 0.1) is 26.2 Å². The molecule has 2 aromatic rings. The molecule has 0 N–H and O–H groups in total. The summed E-state index contributed by atoms with van der Waals surface area (Å²) in [7, 11) is 1.66. The third kappa shape index (κ3) is 5.07. The Morgan fingerprint density at radius 3 is 2.72 bits per heavy atom. The molecule has 1 unspecified atom stereocenters. The molecule has 3 rings (SSSR count). The summed E-state index contributed by atoms with van der Waals surface area (Å²) in [5.74, 6) is 1.02. The lowest BCUT2D eigenvalue weighted by Gasteiger charge is -2.33. The molecule has 0 bridgehead atoms. The fourth-order valence-electron chi connectivity index (χ4n) is 3.16. The molecule has 1 fully saturated rings. The molecule has 0 aliphatic carbocycles. The number of rotatable bonds is 6.